The lowest BCUT2D eigenvalue weighted by Crippen LogP contribution is -2.40. The molecule has 0 aliphatic rings. The van der Waals surface area contributed by atoms with E-state index in [9.17, 15) is 13.6 Å². The Labute approximate surface area is 122 Å². The van der Waals surface area contributed by atoms with Gasteiger partial charge in [-0.1, -0.05) is 13.0 Å². The molecule has 0 saturated carbocycles. The molecule has 0 bridgehead atoms. The van der Waals surface area contributed by atoms with Crippen LogP contribution in [0, 0.1) is 0 Å². The van der Waals surface area contributed by atoms with Crippen LogP contribution in [0.3, 0.4) is 0 Å². The van der Waals surface area contributed by atoms with Crippen molar-refractivity contribution in [3.8, 4) is 11.5 Å². The summed E-state index contributed by atoms with van der Waals surface area (Å²) in [6, 6.07) is 4.15. The van der Waals surface area contributed by atoms with Crippen LogP contribution in [0.1, 0.15) is 18.9 Å². The average molecular weight is 302 g/mol. The molecule has 0 unspecified atom stereocenters. The zero-order chi connectivity index (χ0) is 15.8. The van der Waals surface area contributed by atoms with Gasteiger partial charge in [0, 0.05) is 6.54 Å². The van der Waals surface area contributed by atoms with Crippen molar-refractivity contribution in [3.05, 3.63) is 23.8 Å². The highest BCUT2D eigenvalue weighted by molar-refractivity contribution is 5.81. The van der Waals surface area contributed by atoms with Crippen molar-refractivity contribution >= 4 is 5.91 Å². The van der Waals surface area contributed by atoms with Crippen molar-refractivity contribution in [2.24, 2.45) is 5.73 Å². The van der Waals surface area contributed by atoms with E-state index in [4.69, 9.17) is 10.5 Å². The Balaban J connectivity index is 2.58. The number of alkyl halides is 2. The van der Waals surface area contributed by atoms with Crippen LogP contribution in [-0.2, 0) is 11.2 Å². The molecule has 21 heavy (non-hydrogen) atoms. The molecule has 0 saturated heterocycles. The highest BCUT2D eigenvalue weighted by Crippen LogP contribution is 2.29. The van der Waals surface area contributed by atoms with Gasteiger partial charge in [-0.15, -0.1) is 0 Å². The second kappa shape index (κ2) is 8.41. The summed E-state index contributed by atoms with van der Waals surface area (Å²) in [6.07, 6.45) is 1.10. The quantitative estimate of drug-likeness (QED) is 0.766. The predicted octanol–water partition coefficient (Wildman–Crippen LogP) is 1.69. The molecule has 0 radical (unpaired) electrons. The summed E-state index contributed by atoms with van der Waals surface area (Å²) in [5.41, 5.74) is 6.42. The van der Waals surface area contributed by atoms with Crippen molar-refractivity contribution in [2.45, 2.75) is 32.4 Å². The lowest BCUT2D eigenvalue weighted by atomic mass is 10.1. The van der Waals surface area contributed by atoms with E-state index < -0.39 is 12.7 Å². The van der Waals surface area contributed by atoms with Crippen LogP contribution in [-0.4, -0.2) is 32.2 Å². The Morgan fingerprint density at radius 3 is 2.67 bits per heavy atom. The van der Waals surface area contributed by atoms with Gasteiger partial charge in [0.2, 0.25) is 5.91 Å². The number of rotatable bonds is 8. The third-order valence-electron chi connectivity index (χ3n) is 2.93. The molecule has 118 valence electrons. The SMILES string of the molecule is CC[C@H](N)C(=O)NCCc1ccc(OC(F)F)c(OC)c1. The van der Waals surface area contributed by atoms with Crippen LogP contribution in [0.15, 0.2) is 18.2 Å². The summed E-state index contributed by atoms with van der Waals surface area (Å²) in [5, 5.41) is 2.71. The fourth-order valence-corrected chi connectivity index (χ4v) is 1.71. The number of amides is 1. The monoisotopic (exact) mass is 302 g/mol. The van der Waals surface area contributed by atoms with Crippen LogP contribution in [0.25, 0.3) is 0 Å². The maximum Gasteiger partial charge on any atom is 0.387 e. The summed E-state index contributed by atoms with van der Waals surface area (Å²) in [7, 11) is 1.37. The minimum atomic E-state index is -2.90. The summed E-state index contributed by atoms with van der Waals surface area (Å²) < 4.78 is 33.7. The standard InChI is InChI=1S/C14H20F2N2O3/c1-3-10(17)13(19)18-7-6-9-4-5-11(21-14(15)16)12(8-9)20-2/h4-5,8,10,14H,3,6-7,17H2,1-2H3,(H,18,19)/t10-/m0/s1. The van der Waals surface area contributed by atoms with E-state index in [0.717, 1.165) is 5.56 Å². The fourth-order valence-electron chi connectivity index (χ4n) is 1.71. The fraction of sp³-hybridized carbons (Fsp3) is 0.500. The first-order chi connectivity index (χ1) is 9.97. The second-order valence-electron chi connectivity index (χ2n) is 4.42. The maximum absolute atomic E-state index is 12.2. The number of carbonyl (C=O) groups is 1. The third kappa shape index (κ3) is 5.55. The number of nitrogens with two attached hydrogens (primary N) is 1. The third-order valence-corrected chi connectivity index (χ3v) is 2.93. The number of carbonyl (C=O) groups excluding carboxylic acids is 1. The Hall–Kier alpha value is -1.89. The topological polar surface area (TPSA) is 73.6 Å². The summed E-state index contributed by atoms with van der Waals surface area (Å²) >= 11 is 0. The van der Waals surface area contributed by atoms with Gasteiger partial charge in [-0.05, 0) is 30.5 Å². The molecular formula is C14H20F2N2O3. The van der Waals surface area contributed by atoms with Crippen molar-refractivity contribution in [3.63, 3.8) is 0 Å². The number of benzene rings is 1. The zero-order valence-electron chi connectivity index (χ0n) is 12.1. The minimum absolute atomic E-state index is 0.0201. The Bertz CT molecular complexity index is 470. The molecule has 0 aromatic heterocycles. The molecular weight excluding hydrogens is 282 g/mol. The molecule has 1 atom stereocenters. The van der Waals surface area contributed by atoms with Crippen LogP contribution in [0.4, 0.5) is 8.78 Å². The van der Waals surface area contributed by atoms with Gasteiger partial charge in [0.1, 0.15) is 0 Å². The molecule has 1 aromatic rings. The minimum Gasteiger partial charge on any atom is -0.493 e. The number of halogens is 2. The maximum atomic E-state index is 12.2. The normalized spacial score (nSPS) is 12.1. The van der Waals surface area contributed by atoms with Gasteiger partial charge in [-0.3, -0.25) is 4.79 Å². The summed E-state index contributed by atoms with van der Waals surface area (Å²) in [4.78, 5) is 11.5. The molecule has 0 heterocycles. The summed E-state index contributed by atoms with van der Waals surface area (Å²) in [5.74, 6) is -0.000189. The van der Waals surface area contributed by atoms with E-state index >= 15 is 0 Å². The zero-order valence-corrected chi connectivity index (χ0v) is 12.1. The van der Waals surface area contributed by atoms with Crippen LogP contribution in [0.5, 0.6) is 11.5 Å². The second-order valence-corrected chi connectivity index (χ2v) is 4.42. The van der Waals surface area contributed by atoms with Crippen LogP contribution in [0.2, 0.25) is 0 Å². The first kappa shape index (κ1) is 17.2. The van der Waals surface area contributed by atoms with Crippen molar-refractivity contribution < 1.29 is 23.0 Å². The van der Waals surface area contributed by atoms with Crippen LogP contribution < -0.4 is 20.5 Å². The van der Waals surface area contributed by atoms with E-state index in [1.54, 1.807) is 12.1 Å². The predicted molar refractivity (Wildman–Crippen MR) is 74.6 cm³/mol. The van der Waals surface area contributed by atoms with E-state index in [2.05, 4.69) is 10.1 Å². The molecule has 0 spiro atoms. The number of nitrogens with one attached hydrogen (secondary N) is 1. The van der Waals surface area contributed by atoms with Gasteiger partial charge in [-0.2, -0.15) is 8.78 Å². The number of ether oxygens (including phenoxy) is 2. The van der Waals surface area contributed by atoms with Crippen LogP contribution >= 0.6 is 0 Å². The van der Waals surface area contributed by atoms with Gasteiger partial charge in [0.05, 0.1) is 13.2 Å². The highest BCUT2D eigenvalue weighted by atomic mass is 19.3. The lowest BCUT2D eigenvalue weighted by Gasteiger charge is -2.12. The first-order valence-corrected chi connectivity index (χ1v) is 6.63. The summed E-state index contributed by atoms with van der Waals surface area (Å²) in [6.45, 7) is -0.665. The van der Waals surface area contributed by atoms with Crippen molar-refractivity contribution in [1.82, 2.24) is 5.32 Å². The van der Waals surface area contributed by atoms with E-state index in [-0.39, 0.29) is 17.4 Å². The lowest BCUT2D eigenvalue weighted by molar-refractivity contribution is -0.122. The molecule has 5 nitrogen and oxygen atoms in total. The first-order valence-electron chi connectivity index (χ1n) is 6.63. The van der Waals surface area contributed by atoms with E-state index in [1.807, 2.05) is 6.92 Å². The Morgan fingerprint density at radius 2 is 2.10 bits per heavy atom. The smallest absolute Gasteiger partial charge is 0.387 e. The average Bonchev–Trinajstić information content (AvgIpc) is 2.47. The molecule has 1 aromatic carbocycles. The van der Waals surface area contributed by atoms with Gasteiger partial charge >= 0.3 is 6.61 Å². The Kier molecular flexibility index (Phi) is 6.87. The molecule has 0 aliphatic heterocycles. The van der Waals surface area contributed by atoms with Gasteiger partial charge in [-0.25, -0.2) is 0 Å². The highest BCUT2D eigenvalue weighted by Gasteiger charge is 2.12. The molecule has 1 rings (SSSR count). The molecule has 3 N–H and O–H groups in total. The molecule has 7 heteroatoms. The Morgan fingerprint density at radius 1 is 1.38 bits per heavy atom. The van der Waals surface area contributed by atoms with Gasteiger partial charge < -0.3 is 20.5 Å². The van der Waals surface area contributed by atoms with Crippen molar-refractivity contribution in [2.75, 3.05) is 13.7 Å². The molecule has 1 amide bonds. The van der Waals surface area contributed by atoms with Gasteiger partial charge in [0.25, 0.3) is 0 Å². The van der Waals surface area contributed by atoms with Gasteiger partial charge in [0.15, 0.2) is 11.5 Å². The number of hydrogen-bond acceptors (Lipinski definition) is 4. The van der Waals surface area contributed by atoms with E-state index in [1.165, 1.54) is 13.2 Å². The molecule has 0 aliphatic carbocycles. The largest absolute Gasteiger partial charge is 0.493 e. The van der Waals surface area contributed by atoms with E-state index in [0.29, 0.717) is 19.4 Å². The molecule has 0 fully saturated rings. The number of methoxy groups -OCH3 is 1. The number of hydrogen-bond donors (Lipinski definition) is 2. The van der Waals surface area contributed by atoms with Crippen molar-refractivity contribution in [1.29, 1.82) is 0 Å².